The molecule has 3 N–H and O–H groups in total. The van der Waals surface area contributed by atoms with Gasteiger partial charge in [-0.25, -0.2) is 0 Å². The van der Waals surface area contributed by atoms with Crippen molar-refractivity contribution >= 4 is 0 Å². The zero-order valence-corrected chi connectivity index (χ0v) is 20.5. The Hall–Kier alpha value is -1.84. The maximum atomic E-state index is 12.9. The maximum Gasteiger partial charge on any atom is 0.429 e. The lowest BCUT2D eigenvalue weighted by Gasteiger charge is -2.42. The minimum absolute atomic E-state index is 0.0681. The predicted molar refractivity (Wildman–Crippen MR) is 125 cm³/mol. The average molecular weight is 521 g/mol. The van der Waals surface area contributed by atoms with Crippen molar-refractivity contribution < 1.29 is 41.7 Å². The third-order valence-corrected chi connectivity index (χ3v) is 8.12. The van der Waals surface area contributed by atoms with Crippen LogP contribution in [-0.4, -0.2) is 45.5 Å². The number of allylic oxidation sites excluding steroid dienone is 6. The average Bonchev–Trinajstić information content (AvgIpc) is 3.11. The van der Waals surface area contributed by atoms with Gasteiger partial charge in [-0.05, 0) is 73.0 Å². The monoisotopic (exact) mass is 520 g/mol. The molecule has 0 aliphatic heterocycles. The number of rotatable bonds is 5. The van der Waals surface area contributed by atoms with Gasteiger partial charge in [0.25, 0.3) is 5.60 Å². The van der Waals surface area contributed by atoms with Gasteiger partial charge in [0.05, 0.1) is 12.2 Å². The molecule has 5 atom stereocenters. The fraction of sp³-hybridized carbons (Fsp3) is 0.630. The van der Waals surface area contributed by atoms with Gasteiger partial charge in [-0.3, -0.25) is 0 Å². The van der Waals surface area contributed by atoms with Gasteiger partial charge in [-0.2, -0.15) is 26.3 Å². The minimum atomic E-state index is -5.87. The molecule has 3 nitrogen and oxygen atoms in total. The number of hydrogen-bond donors (Lipinski definition) is 3. The Kier molecular flexibility index (Phi) is 8.09. The first-order chi connectivity index (χ1) is 16.5. The van der Waals surface area contributed by atoms with E-state index in [-0.39, 0.29) is 36.2 Å². The molecule has 0 heterocycles. The molecule has 0 aromatic rings. The second-order valence-corrected chi connectivity index (χ2v) is 10.6. The molecule has 0 bridgehead atoms. The second kappa shape index (κ2) is 10.1. The van der Waals surface area contributed by atoms with Gasteiger partial charge in [0.2, 0.25) is 0 Å². The largest absolute Gasteiger partial charge is 0.429 e. The SMILES string of the molecule is C=C1C(=CC=C2CCC[C@]3(C)C(C(C)CC=CC(O)(C(F)(F)F)C(F)(F)F)=CCC23)CC(O)CC1O. The minimum Gasteiger partial charge on any atom is -0.393 e. The number of aliphatic hydroxyl groups is 3. The lowest BCUT2D eigenvalue weighted by Crippen LogP contribution is -2.55. The van der Waals surface area contributed by atoms with Gasteiger partial charge in [-0.15, -0.1) is 0 Å². The summed E-state index contributed by atoms with van der Waals surface area (Å²) in [5.41, 5.74) is -1.56. The highest BCUT2D eigenvalue weighted by Gasteiger charge is 2.68. The Morgan fingerprint density at radius 2 is 1.78 bits per heavy atom. The molecule has 3 aliphatic rings. The van der Waals surface area contributed by atoms with E-state index in [1.54, 1.807) is 6.92 Å². The van der Waals surface area contributed by atoms with Crippen molar-refractivity contribution in [2.24, 2.45) is 17.3 Å². The topological polar surface area (TPSA) is 60.7 Å². The lowest BCUT2D eigenvalue weighted by atomic mass is 9.62. The molecular formula is C27H34F6O3. The molecule has 0 radical (unpaired) electrons. The summed E-state index contributed by atoms with van der Waals surface area (Å²) in [6, 6.07) is 0. The highest BCUT2D eigenvalue weighted by Crippen LogP contribution is 2.57. The standard InChI is InChI=1S/C27H34F6O3/c1-16(6-4-13-25(36,26(28,29)30)27(31,32)33)21-10-11-22-18(7-5-12-24(21,22)3)8-9-19-14-20(34)15-23(35)17(19)2/h4,8-10,13,16,20,22-23,34-36H,2,5-7,11-12,14-15H2,1,3H3/t16?,20?,22?,23?,24-/m1/s1. The van der Waals surface area contributed by atoms with Gasteiger partial charge in [0.15, 0.2) is 0 Å². The molecular weight excluding hydrogens is 486 g/mol. The molecule has 0 aromatic carbocycles. The normalized spacial score (nSPS) is 33.4. The molecule has 0 spiro atoms. The number of aliphatic hydroxyl groups excluding tert-OH is 2. The summed E-state index contributed by atoms with van der Waals surface area (Å²) < 4.78 is 77.7. The Morgan fingerprint density at radius 1 is 1.14 bits per heavy atom. The highest BCUT2D eigenvalue weighted by atomic mass is 19.4. The molecule has 4 unspecified atom stereocenters. The fourth-order valence-corrected chi connectivity index (χ4v) is 6.00. The van der Waals surface area contributed by atoms with Crippen molar-refractivity contribution in [1.82, 2.24) is 0 Å². The maximum absolute atomic E-state index is 12.9. The first-order valence-electron chi connectivity index (χ1n) is 12.2. The molecule has 0 amide bonds. The van der Waals surface area contributed by atoms with Gasteiger partial charge < -0.3 is 15.3 Å². The summed E-state index contributed by atoms with van der Waals surface area (Å²) in [7, 11) is 0. The molecule has 2 saturated carbocycles. The van der Waals surface area contributed by atoms with E-state index in [9.17, 15) is 41.7 Å². The van der Waals surface area contributed by atoms with E-state index in [1.807, 2.05) is 18.2 Å². The Balaban J connectivity index is 1.76. The van der Waals surface area contributed by atoms with Crippen LogP contribution in [0.1, 0.15) is 58.8 Å². The summed E-state index contributed by atoms with van der Waals surface area (Å²) in [6.45, 7) is 7.80. The highest BCUT2D eigenvalue weighted by molar-refractivity contribution is 5.40. The third-order valence-electron chi connectivity index (χ3n) is 8.12. The van der Waals surface area contributed by atoms with Crippen molar-refractivity contribution in [3.8, 4) is 0 Å². The van der Waals surface area contributed by atoms with Crippen LogP contribution < -0.4 is 0 Å². The smallest absolute Gasteiger partial charge is 0.393 e. The number of fused-ring (bicyclic) bond motifs is 1. The Labute approximate surface area is 207 Å². The van der Waals surface area contributed by atoms with Crippen molar-refractivity contribution in [3.63, 3.8) is 0 Å². The van der Waals surface area contributed by atoms with E-state index >= 15 is 0 Å². The molecule has 3 rings (SSSR count). The first kappa shape index (κ1) is 28.7. The van der Waals surface area contributed by atoms with Crippen molar-refractivity contribution in [3.05, 3.63) is 59.3 Å². The van der Waals surface area contributed by atoms with Crippen molar-refractivity contribution in [1.29, 1.82) is 0 Å². The van der Waals surface area contributed by atoms with Crippen LogP contribution in [0.5, 0.6) is 0 Å². The van der Waals surface area contributed by atoms with E-state index in [0.717, 1.165) is 42.9 Å². The third kappa shape index (κ3) is 5.38. The van der Waals surface area contributed by atoms with Crippen LogP contribution in [0, 0.1) is 17.3 Å². The zero-order chi connectivity index (χ0) is 27.1. The van der Waals surface area contributed by atoms with Crippen LogP contribution in [-0.2, 0) is 0 Å². The van der Waals surface area contributed by atoms with Crippen LogP contribution in [0.4, 0.5) is 26.3 Å². The molecule has 0 aromatic heterocycles. The summed E-state index contributed by atoms with van der Waals surface area (Å²) in [5.74, 6) is -0.151. The number of alkyl halides is 6. The molecule has 3 aliphatic carbocycles. The second-order valence-electron chi connectivity index (χ2n) is 10.6. The van der Waals surface area contributed by atoms with E-state index in [0.29, 0.717) is 12.0 Å². The molecule has 36 heavy (non-hydrogen) atoms. The van der Waals surface area contributed by atoms with E-state index in [4.69, 9.17) is 0 Å². The van der Waals surface area contributed by atoms with Gasteiger partial charge in [0.1, 0.15) is 0 Å². The first-order valence-corrected chi connectivity index (χ1v) is 12.2. The zero-order valence-electron chi connectivity index (χ0n) is 20.5. The Morgan fingerprint density at radius 3 is 2.39 bits per heavy atom. The van der Waals surface area contributed by atoms with E-state index in [2.05, 4.69) is 13.5 Å². The van der Waals surface area contributed by atoms with Crippen molar-refractivity contribution in [2.75, 3.05) is 0 Å². The van der Waals surface area contributed by atoms with Crippen molar-refractivity contribution in [2.45, 2.75) is 89.0 Å². The summed E-state index contributed by atoms with van der Waals surface area (Å²) >= 11 is 0. The molecule has 2 fully saturated rings. The van der Waals surface area contributed by atoms with E-state index < -0.39 is 30.2 Å². The molecule has 0 saturated heterocycles. The van der Waals surface area contributed by atoms with Gasteiger partial charge >= 0.3 is 12.4 Å². The lowest BCUT2D eigenvalue weighted by molar-refractivity contribution is -0.347. The van der Waals surface area contributed by atoms with Crippen LogP contribution in [0.15, 0.2) is 59.3 Å². The molecule has 9 heteroatoms. The summed E-state index contributed by atoms with van der Waals surface area (Å²) in [6.07, 6.45) is -2.69. The van der Waals surface area contributed by atoms with Crippen LogP contribution >= 0.6 is 0 Å². The van der Waals surface area contributed by atoms with Gasteiger partial charge in [0, 0.05) is 6.42 Å². The quantitative estimate of drug-likeness (QED) is 0.287. The number of hydrogen-bond acceptors (Lipinski definition) is 3. The molecule has 202 valence electrons. The summed E-state index contributed by atoms with van der Waals surface area (Å²) in [5, 5.41) is 29.4. The Bertz CT molecular complexity index is 957. The summed E-state index contributed by atoms with van der Waals surface area (Å²) in [4.78, 5) is 0. The van der Waals surface area contributed by atoms with Crippen LogP contribution in [0.2, 0.25) is 0 Å². The van der Waals surface area contributed by atoms with E-state index in [1.165, 1.54) is 5.57 Å². The van der Waals surface area contributed by atoms with Crippen LogP contribution in [0.25, 0.3) is 0 Å². The number of halogens is 6. The fourth-order valence-electron chi connectivity index (χ4n) is 6.00. The van der Waals surface area contributed by atoms with Gasteiger partial charge in [-0.1, -0.05) is 55.9 Å². The van der Waals surface area contributed by atoms with Crippen LogP contribution in [0.3, 0.4) is 0 Å². The predicted octanol–water partition coefficient (Wildman–Crippen LogP) is 6.49.